The summed E-state index contributed by atoms with van der Waals surface area (Å²) in [5, 5.41) is 18.3. The van der Waals surface area contributed by atoms with E-state index in [9.17, 15) is 5.11 Å². The monoisotopic (exact) mass is 227 g/mol. The molecule has 2 nitrogen and oxygen atoms in total. The third kappa shape index (κ3) is 4.01. The van der Waals surface area contributed by atoms with Gasteiger partial charge >= 0.3 is 0 Å². The minimum Gasteiger partial charge on any atom is -0.391 e. The summed E-state index contributed by atoms with van der Waals surface area (Å²) in [6.07, 6.45) is -0.374. The molecule has 1 aromatic rings. The van der Waals surface area contributed by atoms with Gasteiger partial charge in [0, 0.05) is 15.7 Å². The van der Waals surface area contributed by atoms with E-state index in [1.54, 1.807) is 12.1 Å². The number of benzene rings is 1. The fourth-order valence-electron chi connectivity index (χ4n) is 0.888. The largest absolute Gasteiger partial charge is 0.391 e. The first-order chi connectivity index (χ1) is 6.72. The van der Waals surface area contributed by atoms with E-state index in [0.717, 1.165) is 4.90 Å². The van der Waals surface area contributed by atoms with Crippen molar-refractivity contribution in [2.45, 2.75) is 17.4 Å². The Morgan fingerprint density at radius 2 is 2.07 bits per heavy atom. The molecule has 0 saturated heterocycles. The van der Waals surface area contributed by atoms with E-state index in [2.05, 4.69) is 0 Å². The summed E-state index contributed by atoms with van der Waals surface area (Å²) in [7, 11) is 0. The van der Waals surface area contributed by atoms with E-state index in [4.69, 9.17) is 16.9 Å². The summed E-state index contributed by atoms with van der Waals surface area (Å²) in [4.78, 5) is 1.05. The zero-order chi connectivity index (χ0) is 10.4. The predicted octanol–water partition coefficient (Wildman–Crippen LogP) is 2.71. The Labute approximate surface area is 92.5 Å². The van der Waals surface area contributed by atoms with E-state index in [1.807, 2.05) is 18.2 Å². The minimum absolute atomic E-state index is 0.181. The maximum Gasteiger partial charge on any atom is 0.0763 e. The molecule has 4 heteroatoms. The highest BCUT2D eigenvalue weighted by atomic mass is 35.5. The van der Waals surface area contributed by atoms with E-state index < -0.39 is 6.10 Å². The Balaban J connectivity index is 2.39. The third-order valence-corrected chi connectivity index (χ3v) is 2.99. The van der Waals surface area contributed by atoms with Gasteiger partial charge in [0.05, 0.1) is 18.6 Å². The summed E-state index contributed by atoms with van der Waals surface area (Å²) < 4.78 is 0. The Bertz CT molecular complexity index is 320. The van der Waals surface area contributed by atoms with Crippen molar-refractivity contribution in [1.29, 1.82) is 5.26 Å². The van der Waals surface area contributed by atoms with Gasteiger partial charge in [-0.3, -0.25) is 0 Å². The number of nitriles is 1. The lowest BCUT2D eigenvalue weighted by atomic mass is 10.3. The quantitative estimate of drug-likeness (QED) is 0.805. The molecule has 0 aliphatic heterocycles. The van der Waals surface area contributed by atoms with Crippen molar-refractivity contribution in [3.8, 4) is 6.07 Å². The molecule has 74 valence electrons. The van der Waals surface area contributed by atoms with Crippen LogP contribution < -0.4 is 0 Å². The lowest BCUT2D eigenvalue weighted by Crippen LogP contribution is -2.07. The molecule has 0 spiro atoms. The first-order valence-corrected chi connectivity index (χ1v) is 5.52. The van der Waals surface area contributed by atoms with E-state index in [1.165, 1.54) is 11.8 Å². The van der Waals surface area contributed by atoms with Crippen molar-refractivity contribution in [2.24, 2.45) is 0 Å². The Kier molecular flexibility index (Phi) is 4.81. The van der Waals surface area contributed by atoms with Gasteiger partial charge in [-0.25, -0.2) is 0 Å². The van der Waals surface area contributed by atoms with E-state index in [-0.39, 0.29) is 6.42 Å². The highest BCUT2D eigenvalue weighted by molar-refractivity contribution is 7.99. The number of rotatable bonds is 4. The molecule has 0 heterocycles. The number of thioether (sulfide) groups is 1. The average Bonchev–Trinajstić information content (AvgIpc) is 2.17. The molecule has 14 heavy (non-hydrogen) atoms. The molecule has 1 aromatic carbocycles. The molecule has 0 aromatic heterocycles. The highest BCUT2D eigenvalue weighted by Gasteiger charge is 2.03. The molecular formula is C10H10ClNOS. The van der Waals surface area contributed by atoms with Crippen LogP contribution in [0, 0.1) is 11.3 Å². The van der Waals surface area contributed by atoms with Crippen LogP contribution in [0.3, 0.4) is 0 Å². The molecule has 0 amide bonds. The molecule has 0 fully saturated rings. The first kappa shape index (κ1) is 11.4. The molecule has 0 saturated carbocycles. The third-order valence-electron chi connectivity index (χ3n) is 1.58. The molecular weight excluding hydrogens is 218 g/mol. The Hall–Kier alpha value is -0.690. The van der Waals surface area contributed by atoms with Crippen LogP contribution in [-0.2, 0) is 0 Å². The van der Waals surface area contributed by atoms with Crippen molar-refractivity contribution in [1.82, 2.24) is 0 Å². The fraction of sp³-hybridized carbons (Fsp3) is 0.300. The average molecular weight is 228 g/mol. The maximum atomic E-state index is 9.30. The summed E-state index contributed by atoms with van der Waals surface area (Å²) in [5.74, 6) is 0.537. The van der Waals surface area contributed by atoms with Crippen LogP contribution >= 0.6 is 23.4 Å². The van der Waals surface area contributed by atoms with E-state index >= 15 is 0 Å². The number of hydrogen-bond donors (Lipinski definition) is 1. The lowest BCUT2D eigenvalue weighted by molar-refractivity contribution is 0.205. The summed E-state index contributed by atoms with van der Waals surface area (Å²) in [6, 6.07) is 9.33. The van der Waals surface area contributed by atoms with Gasteiger partial charge in [-0.05, 0) is 24.3 Å². The van der Waals surface area contributed by atoms with Gasteiger partial charge in [0.1, 0.15) is 0 Å². The van der Waals surface area contributed by atoms with E-state index in [0.29, 0.717) is 10.8 Å². The van der Waals surface area contributed by atoms with Gasteiger partial charge in [0.15, 0.2) is 0 Å². The van der Waals surface area contributed by atoms with Crippen LogP contribution in [0.15, 0.2) is 29.2 Å². The molecule has 1 unspecified atom stereocenters. The van der Waals surface area contributed by atoms with Crippen molar-refractivity contribution < 1.29 is 5.11 Å². The van der Waals surface area contributed by atoms with Gasteiger partial charge in [0.25, 0.3) is 0 Å². The second-order valence-corrected chi connectivity index (χ2v) is 4.31. The summed E-state index contributed by atoms with van der Waals surface area (Å²) in [6.45, 7) is 0. The van der Waals surface area contributed by atoms with Crippen LogP contribution in [0.5, 0.6) is 0 Å². The minimum atomic E-state index is -0.555. The smallest absolute Gasteiger partial charge is 0.0763 e. The first-order valence-electron chi connectivity index (χ1n) is 4.16. The molecule has 0 aliphatic rings. The number of nitrogens with zero attached hydrogens (tertiary/aromatic N) is 1. The normalized spacial score (nSPS) is 12.1. The molecule has 1 atom stereocenters. The van der Waals surface area contributed by atoms with Gasteiger partial charge in [0.2, 0.25) is 0 Å². The molecule has 0 radical (unpaired) electrons. The number of hydrogen-bond acceptors (Lipinski definition) is 3. The van der Waals surface area contributed by atoms with Gasteiger partial charge < -0.3 is 5.11 Å². The van der Waals surface area contributed by atoms with Gasteiger partial charge in [-0.2, -0.15) is 5.26 Å². The molecule has 0 aliphatic carbocycles. The fourth-order valence-corrected chi connectivity index (χ4v) is 1.84. The SMILES string of the molecule is N#CCC(O)CSc1ccc(Cl)cc1. The number of aliphatic hydroxyl groups is 1. The number of halogens is 1. The van der Waals surface area contributed by atoms with Crippen LogP contribution in [0.25, 0.3) is 0 Å². The second kappa shape index (κ2) is 5.92. The Morgan fingerprint density at radius 3 is 2.64 bits per heavy atom. The van der Waals surface area contributed by atoms with Crippen LogP contribution in [0.1, 0.15) is 6.42 Å². The van der Waals surface area contributed by atoms with Crippen molar-refractivity contribution in [3.63, 3.8) is 0 Å². The zero-order valence-corrected chi connectivity index (χ0v) is 9.05. The maximum absolute atomic E-state index is 9.30. The zero-order valence-electron chi connectivity index (χ0n) is 7.48. The summed E-state index contributed by atoms with van der Waals surface area (Å²) >= 11 is 7.24. The lowest BCUT2D eigenvalue weighted by Gasteiger charge is -2.05. The molecule has 1 rings (SSSR count). The van der Waals surface area contributed by atoms with Crippen LogP contribution in [0.4, 0.5) is 0 Å². The van der Waals surface area contributed by atoms with Crippen molar-refractivity contribution in [2.75, 3.05) is 5.75 Å². The molecule has 0 bridgehead atoms. The van der Waals surface area contributed by atoms with Crippen molar-refractivity contribution >= 4 is 23.4 Å². The second-order valence-electron chi connectivity index (χ2n) is 2.78. The van der Waals surface area contributed by atoms with Gasteiger partial charge in [-0.1, -0.05) is 11.6 Å². The summed E-state index contributed by atoms with van der Waals surface area (Å²) in [5.41, 5.74) is 0. The van der Waals surface area contributed by atoms with Crippen LogP contribution in [0.2, 0.25) is 5.02 Å². The van der Waals surface area contributed by atoms with Crippen molar-refractivity contribution in [3.05, 3.63) is 29.3 Å². The van der Waals surface area contributed by atoms with Crippen LogP contribution in [-0.4, -0.2) is 17.0 Å². The standard InChI is InChI=1S/C10H10ClNOS/c11-8-1-3-10(4-2-8)14-7-9(13)5-6-12/h1-4,9,13H,5,7H2. The number of aliphatic hydroxyl groups excluding tert-OH is 1. The van der Waals surface area contributed by atoms with Gasteiger partial charge in [-0.15, -0.1) is 11.8 Å². The topological polar surface area (TPSA) is 44.0 Å². The predicted molar refractivity (Wildman–Crippen MR) is 58.4 cm³/mol. The molecule has 1 N–H and O–H groups in total. The highest BCUT2D eigenvalue weighted by Crippen LogP contribution is 2.21. The Morgan fingerprint density at radius 1 is 1.43 bits per heavy atom.